The van der Waals surface area contributed by atoms with Gasteiger partial charge in [0.05, 0.1) is 0 Å². The van der Waals surface area contributed by atoms with Gasteiger partial charge in [0.15, 0.2) is 12.4 Å². The molecule has 0 amide bonds. The molecule has 3 nitrogen and oxygen atoms in total. The predicted octanol–water partition coefficient (Wildman–Crippen LogP) is -2.50. The molecule has 1 aromatic heterocycles. The molecule has 0 aliphatic rings. The number of pyridine rings is 1. The molecule has 0 aliphatic heterocycles. The molecular weight excluding hydrogens is 154 g/mol. The summed E-state index contributed by atoms with van der Waals surface area (Å²) in [6, 6.07) is 5.08. The highest BCUT2D eigenvalue weighted by molar-refractivity contribution is 5.53. The predicted molar refractivity (Wildman–Crippen MR) is 30.1 cm³/mol. The number of hydrogen-bond donors (Lipinski definition) is 1. The van der Waals surface area contributed by atoms with E-state index in [9.17, 15) is 4.79 Å². The maximum Gasteiger partial charge on any atom is 0.599 e. The number of hydrogen-bond acceptors (Lipinski definition) is 1. The van der Waals surface area contributed by atoms with E-state index in [1.807, 2.05) is 0 Å². The van der Waals surface area contributed by atoms with Gasteiger partial charge in [0.1, 0.15) is 0 Å². The van der Waals surface area contributed by atoms with Crippen molar-refractivity contribution in [3.8, 4) is 0 Å². The first kappa shape index (κ1) is 8.91. The zero-order valence-electron chi connectivity index (χ0n) is 5.07. The van der Waals surface area contributed by atoms with Crippen molar-refractivity contribution >= 4 is 6.09 Å². The number of nitrogens with zero attached hydrogens (tertiary/aromatic N) is 1. The summed E-state index contributed by atoms with van der Waals surface area (Å²) in [6.45, 7) is 0. The van der Waals surface area contributed by atoms with Gasteiger partial charge in [-0.05, 0) is 0 Å². The van der Waals surface area contributed by atoms with Crippen molar-refractivity contribution in [3.05, 3.63) is 30.6 Å². The van der Waals surface area contributed by atoms with Gasteiger partial charge in [-0.25, -0.2) is 0 Å². The molecule has 0 aliphatic carbocycles. The number of carbonyl (C=O) groups is 1. The molecule has 1 heterocycles. The Bertz CT molecular complexity index is 212. The minimum atomic E-state index is -0.962. The Labute approximate surface area is 64.3 Å². The summed E-state index contributed by atoms with van der Waals surface area (Å²) < 4.78 is 1.08. The molecule has 0 spiro atoms. The van der Waals surface area contributed by atoms with Crippen molar-refractivity contribution in [2.24, 2.45) is 0 Å². The lowest BCUT2D eigenvalue weighted by atomic mass is 10.5. The Hall–Kier alpha value is -1.09. The first-order chi connectivity index (χ1) is 4.30. The molecule has 0 atom stereocenters. The van der Waals surface area contributed by atoms with Crippen LogP contribution < -0.4 is 17.0 Å². The van der Waals surface area contributed by atoms with Crippen LogP contribution in [0.1, 0.15) is 0 Å². The molecule has 0 bridgehead atoms. The van der Waals surface area contributed by atoms with Crippen LogP contribution >= 0.6 is 0 Å². The number of aromatic nitrogens is 1. The van der Waals surface area contributed by atoms with Crippen LogP contribution in [-0.2, 0) is 0 Å². The van der Waals surface area contributed by atoms with Crippen LogP contribution in [0.15, 0.2) is 30.6 Å². The Kier molecular flexibility index (Phi) is 3.43. The fraction of sp³-hybridized carbons (Fsp3) is 0. The van der Waals surface area contributed by atoms with Crippen molar-refractivity contribution in [2.45, 2.75) is 0 Å². The van der Waals surface area contributed by atoms with Crippen LogP contribution in [0.25, 0.3) is 0 Å². The van der Waals surface area contributed by atoms with Crippen molar-refractivity contribution in [1.82, 2.24) is 0 Å². The van der Waals surface area contributed by atoms with E-state index in [-0.39, 0.29) is 12.4 Å². The van der Waals surface area contributed by atoms with Gasteiger partial charge in [-0.3, -0.25) is 0 Å². The molecule has 1 aromatic rings. The molecule has 0 radical (unpaired) electrons. The normalized spacial score (nSPS) is 8.00. The lowest BCUT2D eigenvalue weighted by Gasteiger charge is -1.81. The second kappa shape index (κ2) is 3.85. The van der Waals surface area contributed by atoms with Gasteiger partial charge in [0, 0.05) is 12.1 Å². The van der Waals surface area contributed by atoms with Gasteiger partial charge in [0.25, 0.3) is 0 Å². The molecule has 4 heteroatoms. The third-order valence-corrected chi connectivity index (χ3v) is 0.936. The second-order valence-electron chi connectivity index (χ2n) is 1.57. The Morgan fingerprint density at radius 3 is 2.00 bits per heavy atom. The van der Waals surface area contributed by atoms with Crippen LogP contribution in [0.3, 0.4) is 0 Å². The number of carboxylic acid groups (broad SMARTS) is 1. The molecule has 0 saturated heterocycles. The minimum Gasteiger partial charge on any atom is -1.00 e. The number of halogens is 1. The fourth-order valence-electron chi connectivity index (χ4n) is 0.526. The summed E-state index contributed by atoms with van der Waals surface area (Å²) in [5, 5.41) is 8.35. The van der Waals surface area contributed by atoms with Crippen LogP contribution in [0, 0.1) is 0 Å². The maximum atomic E-state index is 10.2. The Balaban J connectivity index is 0.000000810. The quantitative estimate of drug-likeness (QED) is 0.426. The first-order valence-corrected chi connectivity index (χ1v) is 2.50. The molecular formula is C6H6ClNO2. The van der Waals surface area contributed by atoms with Crippen LogP contribution in [0.4, 0.5) is 4.79 Å². The van der Waals surface area contributed by atoms with Crippen LogP contribution in [0.5, 0.6) is 0 Å². The molecule has 0 fully saturated rings. The van der Waals surface area contributed by atoms with Gasteiger partial charge < -0.3 is 17.5 Å². The second-order valence-corrected chi connectivity index (χ2v) is 1.57. The summed E-state index contributed by atoms with van der Waals surface area (Å²) in [4.78, 5) is 10.2. The van der Waals surface area contributed by atoms with Crippen LogP contribution in [0.2, 0.25) is 0 Å². The smallest absolute Gasteiger partial charge is 0.599 e. The first-order valence-electron chi connectivity index (χ1n) is 2.50. The van der Waals surface area contributed by atoms with E-state index in [1.165, 1.54) is 12.4 Å². The highest BCUT2D eigenvalue weighted by atomic mass is 35.5. The van der Waals surface area contributed by atoms with E-state index in [4.69, 9.17) is 5.11 Å². The van der Waals surface area contributed by atoms with E-state index in [2.05, 4.69) is 0 Å². The highest BCUT2D eigenvalue weighted by Crippen LogP contribution is 1.74. The van der Waals surface area contributed by atoms with Gasteiger partial charge in [-0.15, -0.1) is 0 Å². The molecule has 0 saturated carbocycles. The van der Waals surface area contributed by atoms with E-state index >= 15 is 0 Å². The zero-order chi connectivity index (χ0) is 6.69. The van der Waals surface area contributed by atoms with Crippen molar-refractivity contribution in [3.63, 3.8) is 0 Å². The largest absolute Gasteiger partial charge is 1.00 e. The Morgan fingerprint density at radius 1 is 1.20 bits per heavy atom. The van der Waals surface area contributed by atoms with Crippen LogP contribution in [-0.4, -0.2) is 11.2 Å². The fourth-order valence-corrected chi connectivity index (χ4v) is 0.526. The van der Waals surface area contributed by atoms with Gasteiger partial charge in [-0.1, -0.05) is 10.6 Å². The van der Waals surface area contributed by atoms with E-state index < -0.39 is 6.09 Å². The Morgan fingerprint density at radius 2 is 1.70 bits per heavy atom. The average molecular weight is 160 g/mol. The maximum absolute atomic E-state index is 10.2. The molecule has 10 heavy (non-hydrogen) atoms. The zero-order valence-corrected chi connectivity index (χ0v) is 5.82. The van der Waals surface area contributed by atoms with Crippen molar-refractivity contribution < 1.29 is 26.9 Å². The lowest BCUT2D eigenvalue weighted by molar-refractivity contribution is -0.584. The third-order valence-electron chi connectivity index (χ3n) is 0.936. The van der Waals surface area contributed by atoms with E-state index in [0.29, 0.717) is 0 Å². The van der Waals surface area contributed by atoms with Crippen molar-refractivity contribution in [1.29, 1.82) is 0 Å². The monoisotopic (exact) mass is 159 g/mol. The minimum absolute atomic E-state index is 0. The van der Waals surface area contributed by atoms with E-state index in [1.54, 1.807) is 18.2 Å². The molecule has 0 unspecified atom stereocenters. The van der Waals surface area contributed by atoms with Gasteiger partial charge >= 0.3 is 6.09 Å². The average Bonchev–Trinajstić information content (AvgIpc) is 1.90. The third kappa shape index (κ3) is 2.03. The summed E-state index contributed by atoms with van der Waals surface area (Å²) in [5.41, 5.74) is 0. The summed E-state index contributed by atoms with van der Waals surface area (Å²) in [7, 11) is 0. The summed E-state index contributed by atoms with van der Waals surface area (Å²) in [5.74, 6) is 0. The summed E-state index contributed by atoms with van der Waals surface area (Å²) in [6.07, 6.45) is 1.99. The SMILES string of the molecule is O=C(O)[n+]1ccccc1.[Cl-]. The molecule has 1 N–H and O–H groups in total. The van der Waals surface area contributed by atoms with Gasteiger partial charge in [-0.2, -0.15) is 4.79 Å². The molecule has 0 aromatic carbocycles. The highest BCUT2D eigenvalue weighted by Gasteiger charge is 2.06. The molecule has 54 valence electrons. The lowest BCUT2D eigenvalue weighted by Crippen LogP contribution is -3.00. The molecule has 1 rings (SSSR count). The number of rotatable bonds is 0. The standard InChI is InChI=1S/C6H5NO2.ClH/c8-6(9)7-4-2-1-3-5-7;/h1-5H;1H. The topological polar surface area (TPSA) is 41.2 Å². The van der Waals surface area contributed by atoms with Gasteiger partial charge in [0.2, 0.25) is 0 Å². The van der Waals surface area contributed by atoms with Crippen molar-refractivity contribution in [2.75, 3.05) is 0 Å². The summed E-state index contributed by atoms with van der Waals surface area (Å²) >= 11 is 0. The van der Waals surface area contributed by atoms with E-state index in [0.717, 1.165) is 4.57 Å².